The molecular weight excluding hydrogens is 423 g/mol. The summed E-state index contributed by atoms with van der Waals surface area (Å²) in [4.78, 5) is 31.3. The standard InChI is InChI=1S/C26H21FN2O4/c1-2-15-33-19-9-7-18(8-10-19)24(30)22-23(20-5-3-4-6-21(20)27)29(26(32)25(22)31)16-17-11-13-28-14-12-17/h2-14,23,30H,1,15-16H2/b24-22+. The van der Waals surface area contributed by atoms with Crippen LogP contribution in [0.4, 0.5) is 4.39 Å². The van der Waals surface area contributed by atoms with Crippen LogP contribution in [0.2, 0.25) is 0 Å². The second-order valence-corrected chi connectivity index (χ2v) is 7.43. The molecule has 0 saturated carbocycles. The predicted molar refractivity (Wildman–Crippen MR) is 121 cm³/mol. The van der Waals surface area contributed by atoms with Crippen molar-refractivity contribution in [2.75, 3.05) is 6.61 Å². The quantitative estimate of drug-likeness (QED) is 0.253. The van der Waals surface area contributed by atoms with Crippen LogP contribution >= 0.6 is 0 Å². The lowest BCUT2D eigenvalue weighted by Crippen LogP contribution is -2.29. The topological polar surface area (TPSA) is 79.7 Å². The van der Waals surface area contributed by atoms with E-state index in [1.807, 2.05) is 0 Å². The number of amides is 1. The van der Waals surface area contributed by atoms with Crippen molar-refractivity contribution in [3.05, 3.63) is 114 Å². The van der Waals surface area contributed by atoms with Crippen molar-refractivity contribution in [1.82, 2.24) is 9.88 Å². The molecular formula is C26H21FN2O4. The van der Waals surface area contributed by atoms with Crippen LogP contribution in [0.15, 0.2) is 91.3 Å². The Balaban J connectivity index is 1.81. The van der Waals surface area contributed by atoms with Gasteiger partial charge in [0.25, 0.3) is 11.7 Å². The highest BCUT2D eigenvalue weighted by molar-refractivity contribution is 6.46. The fraction of sp³-hybridized carbons (Fsp3) is 0.115. The van der Waals surface area contributed by atoms with Gasteiger partial charge in [-0.05, 0) is 48.0 Å². The SMILES string of the molecule is C=CCOc1ccc(/C(O)=C2\C(=O)C(=O)N(Cc3ccncc3)C2c2ccccc2F)cc1. The number of ketones is 1. The maximum Gasteiger partial charge on any atom is 0.295 e. The fourth-order valence-corrected chi connectivity index (χ4v) is 3.77. The summed E-state index contributed by atoms with van der Waals surface area (Å²) in [5.74, 6) is -2.10. The zero-order valence-corrected chi connectivity index (χ0v) is 17.6. The number of halogens is 1. The van der Waals surface area contributed by atoms with E-state index in [2.05, 4.69) is 11.6 Å². The van der Waals surface area contributed by atoms with E-state index < -0.39 is 23.5 Å². The highest BCUT2D eigenvalue weighted by atomic mass is 19.1. The van der Waals surface area contributed by atoms with Crippen LogP contribution in [0.3, 0.4) is 0 Å². The lowest BCUT2D eigenvalue weighted by molar-refractivity contribution is -0.140. The van der Waals surface area contributed by atoms with Crippen LogP contribution in [-0.4, -0.2) is 33.3 Å². The monoisotopic (exact) mass is 444 g/mol. The summed E-state index contributed by atoms with van der Waals surface area (Å²) in [6, 6.07) is 14.6. The second kappa shape index (κ2) is 9.48. The molecule has 7 heteroatoms. The van der Waals surface area contributed by atoms with E-state index in [1.54, 1.807) is 60.9 Å². The second-order valence-electron chi connectivity index (χ2n) is 7.43. The minimum atomic E-state index is -1.09. The van der Waals surface area contributed by atoms with E-state index >= 15 is 0 Å². The van der Waals surface area contributed by atoms with Crippen molar-refractivity contribution in [3.8, 4) is 5.75 Å². The van der Waals surface area contributed by atoms with Gasteiger partial charge in [-0.25, -0.2) is 4.39 Å². The number of carbonyl (C=O) groups is 2. The molecule has 1 saturated heterocycles. The molecule has 33 heavy (non-hydrogen) atoms. The summed E-state index contributed by atoms with van der Waals surface area (Å²) in [6.45, 7) is 3.96. The van der Waals surface area contributed by atoms with Crippen molar-refractivity contribution in [2.45, 2.75) is 12.6 Å². The van der Waals surface area contributed by atoms with E-state index in [1.165, 1.54) is 23.1 Å². The van der Waals surface area contributed by atoms with Crippen LogP contribution in [0.25, 0.3) is 5.76 Å². The van der Waals surface area contributed by atoms with Gasteiger partial charge in [0.05, 0.1) is 11.6 Å². The van der Waals surface area contributed by atoms with Gasteiger partial charge in [-0.3, -0.25) is 14.6 Å². The molecule has 0 spiro atoms. The molecule has 3 aromatic rings. The molecule has 1 unspecified atom stereocenters. The first-order valence-corrected chi connectivity index (χ1v) is 10.3. The van der Waals surface area contributed by atoms with Gasteiger partial charge in [0.2, 0.25) is 0 Å². The number of Topliss-reactive ketones (excluding diaryl/α,β-unsaturated/α-hetero) is 1. The largest absolute Gasteiger partial charge is 0.507 e. The number of carbonyl (C=O) groups excluding carboxylic acids is 2. The molecule has 1 atom stereocenters. The number of ether oxygens (including phenoxy) is 1. The zero-order chi connectivity index (χ0) is 23.4. The number of aliphatic hydroxyl groups is 1. The molecule has 0 bridgehead atoms. The first kappa shape index (κ1) is 22.0. The highest BCUT2D eigenvalue weighted by Crippen LogP contribution is 2.41. The van der Waals surface area contributed by atoms with Crippen LogP contribution in [0.5, 0.6) is 5.75 Å². The Kier molecular flexibility index (Phi) is 6.31. The third kappa shape index (κ3) is 4.39. The molecule has 1 aromatic heterocycles. The Bertz CT molecular complexity index is 1220. The highest BCUT2D eigenvalue weighted by Gasteiger charge is 2.46. The van der Waals surface area contributed by atoms with Crippen molar-refractivity contribution in [1.29, 1.82) is 0 Å². The Morgan fingerprint density at radius 3 is 2.45 bits per heavy atom. The van der Waals surface area contributed by atoms with Crippen LogP contribution in [0.1, 0.15) is 22.7 Å². The summed E-state index contributed by atoms with van der Waals surface area (Å²) in [5.41, 5.74) is 0.985. The Morgan fingerprint density at radius 1 is 1.09 bits per heavy atom. The van der Waals surface area contributed by atoms with Crippen molar-refractivity contribution < 1.29 is 23.8 Å². The van der Waals surface area contributed by atoms with E-state index in [0.717, 1.165) is 5.56 Å². The number of benzene rings is 2. The van der Waals surface area contributed by atoms with E-state index in [-0.39, 0.29) is 23.4 Å². The number of hydrogen-bond donors (Lipinski definition) is 1. The summed E-state index contributed by atoms with van der Waals surface area (Å²) in [6.07, 6.45) is 4.74. The molecule has 1 aliphatic rings. The lowest BCUT2D eigenvalue weighted by atomic mass is 9.94. The maximum atomic E-state index is 14.8. The van der Waals surface area contributed by atoms with Crippen molar-refractivity contribution in [2.24, 2.45) is 0 Å². The summed E-state index contributed by atoms with van der Waals surface area (Å²) >= 11 is 0. The maximum absolute atomic E-state index is 14.8. The van der Waals surface area contributed by atoms with E-state index in [4.69, 9.17) is 4.74 Å². The van der Waals surface area contributed by atoms with Crippen molar-refractivity contribution >= 4 is 17.4 Å². The number of aliphatic hydroxyl groups excluding tert-OH is 1. The molecule has 0 aliphatic carbocycles. The molecule has 0 radical (unpaired) electrons. The molecule has 2 heterocycles. The van der Waals surface area contributed by atoms with Gasteiger partial charge >= 0.3 is 0 Å². The average molecular weight is 444 g/mol. The van der Waals surface area contributed by atoms with Gasteiger partial charge in [-0.15, -0.1) is 0 Å². The van der Waals surface area contributed by atoms with Gasteiger partial charge < -0.3 is 14.7 Å². The first-order valence-electron chi connectivity index (χ1n) is 10.3. The zero-order valence-electron chi connectivity index (χ0n) is 17.6. The van der Waals surface area contributed by atoms with Gasteiger partial charge in [-0.2, -0.15) is 0 Å². The molecule has 2 aromatic carbocycles. The number of rotatable bonds is 7. The number of pyridine rings is 1. The third-order valence-corrected chi connectivity index (χ3v) is 5.34. The normalized spacial score (nSPS) is 17.2. The van der Waals surface area contributed by atoms with Gasteiger partial charge in [0.15, 0.2) is 0 Å². The summed E-state index contributed by atoms with van der Waals surface area (Å²) in [7, 11) is 0. The first-order chi connectivity index (χ1) is 16.0. The van der Waals surface area contributed by atoms with Gasteiger partial charge in [-0.1, -0.05) is 30.9 Å². The summed E-state index contributed by atoms with van der Waals surface area (Å²) in [5, 5.41) is 11.1. The molecule has 1 aliphatic heterocycles. The minimum absolute atomic E-state index is 0.0528. The van der Waals surface area contributed by atoms with E-state index in [0.29, 0.717) is 17.9 Å². The van der Waals surface area contributed by atoms with Gasteiger partial charge in [0, 0.05) is 30.1 Å². The van der Waals surface area contributed by atoms with Crippen LogP contribution < -0.4 is 4.74 Å². The Morgan fingerprint density at radius 2 is 1.79 bits per heavy atom. The fourth-order valence-electron chi connectivity index (χ4n) is 3.77. The summed E-state index contributed by atoms with van der Waals surface area (Å²) < 4.78 is 20.3. The van der Waals surface area contributed by atoms with Gasteiger partial charge in [0.1, 0.15) is 23.9 Å². The average Bonchev–Trinajstić information content (AvgIpc) is 3.08. The lowest BCUT2D eigenvalue weighted by Gasteiger charge is -2.25. The minimum Gasteiger partial charge on any atom is -0.507 e. The number of hydrogen-bond acceptors (Lipinski definition) is 5. The number of likely N-dealkylation sites (tertiary alicyclic amines) is 1. The smallest absolute Gasteiger partial charge is 0.295 e. The number of nitrogens with zero attached hydrogens (tertiary/aromatic N) is 2. The molecule has 4 rings (SSSR count). The molecule has 166 valence electrons. The van der Waals surface area contributed by atoms with Crippen LogP contribution in [0, 0.1) is 5.82 Å². The van der Waals surface area contributed by atoms with Crippen LogP contribution in [-0.2, 0) is 16.1 Å². The number of aromatic nitrogens is 1. The molecule has 1 N–H and O–H groups in total. The third-order valence-electron chi connectivity index (χ3n) is 5.34. The van der Waals surface area contributed by atoms with Crippen molar-refractivity contribution in [3.63, 3.8) is 0 Å². The molecule has 1 amide bonds. The molecule has 1 fully saturated rings. The Labute approximate surface area is 190 Å². The Hall–Kier alpha value is -4.26. The predicted octanol–water partition coefficient (Wildman–Crippen LogP) is 4.41. The molecule has 6 nitrogen and oxygen atoms in total. The van der Waals surface area contributed by atoms with E-state index in [9.17, 15) is 19.1 Å².